The summed E-state index contributed by atoms with van der Waals surface area (Å²) in [5.74, 6) is 0.401. The van der Waals surface area contributed by atoms with Gasteiger partial charge in [-0.15, -0.1) is 0 Å². The first-order valence-electron chi connectivity index (χ1n) is 5.80. The van der Waals surface area contributed by atoms with Gasteiger partial charge in [0.2, 0.25) is 11.6 Å². The van der Waals surface area contributed by atoms with Crippen molar-refractivity contribution in [1.82, 2.24) is 4.98 Å². The number of rotatable bonds is 4. The van der Waals surface area contributed by atoms with Crippen molar-refractivity contribution in [2.45, 2.75) is 13.0 Å². The lowest BCUT2D eigenvalue weighted by Crippen LogP contribution is -2.05. The summed E-state index contributed by atoms with van der Waals surface area (Å²) in [6.07, 6.45) is 1.55. The first kappa shape index (κ1) is 14.4. The van der Waals surface area contributed by atoms with Gasteiger partial charge >= 0.3 is 5.69 Å². The Hall–Kier alpha value is -1.99. The summed E-state index contributed by atoms with van der Waals surface area (Å²) in [7, 11) is 0. The Kier molecular flexibility index (Phi) is 4.31. The molecule has 0 spiro atoms. The molecule has 1 unspecified atom stereocenters. The van der Waals surface area contributed by atoms with Gasteiger partial charge in [0.1, 0.15) is 0 Å². The molecule has 2 rings (SSSR count). The number of nitrogens with two attached hydrogens (primary N) is 1. The smallest absolute Gasteiger partial charge is 0.312 e. The molecule has 0 amide bonds. The maximum Gasteiger partial charge on any atom is 0.312 e. The highest BCUT2D eigenvalue weighted by atomic mass is 79.9. The minimum Gasteiger partial charge on any atom is -0.432 e. The topological polar surface area (TPSA) is 91.3 Å². The number of nitrogens with zero attached hydrogens (tertiary/aromatic N) is 2. The Bertz CT molecular complexity index is 647. The molecule has 20 heavy (non-hydrogen) atoms. The van der Waals surface area contributed by atoms with Gasteiger partial charge in [-0.1, -0.05) is 15.9 Å². The van der Waals surface area contributed by atoms with Crippen molar-refractivity contribution < 1.29 is 9.66 Å². The molecule has 1 heterocycles. The average Bonchev–Trinajstić information content (AvgIpc) is 2.41. The van der Waals surface area contributed by atoms with Crippen LogP contribution >= 0.6 is 15.9 Å². The van der Waals surface area contributed by atoms with Gasteiger partial charge in [-0.3, -0.25) is 10.1 Å². The fraction of sp³-hybridized carbons (Fsp3) is 0.154. The molecule has 0 aliphatic rings. The van der Waals surface area contributed by atoms with Crippen LogP contribution in [0.25, 0.3) is 0 Å². The molecule has 0 saturated heterocycles. The van der Waals surface area contributed by atoms with Crippen LogP contribution in [0.15, 0.2) is 41.0 Å². The number of ether oxygens (including phenoxy) is 1. The summed E-state index contributed by atoms with van der Waals surface area (Å²) in [6.45, 7) is 1.83. The normalized spacial score (nSPS) is 11.9. The molecule has 0 fully saturated rings. The van der Waals surface area contributed by atoms with Gasteiger partial charge in [0.25, 0.3) is 0 Å². The third-order valence-corrected chi connectivity index (χ3v) is 3.11. The van der Waals surface area contributed by atoms with E-state index in [1.807, 2.05) is 6.92 Å². The fourth-order valence-corrected chi connectivity index (χ4v) is 1.94. The van der Waals surface area contributed by atoms with Crippen LogP contribution in [0.3, 0.4) is 0 Å². The van der Waals surface area contributed by atoms with E-state index in [1.165, 1.54) is 12.1 Å². The van der Waals surface area contributed by atoms with E-state index >= 15 is 0 Å². The molecule has 1 aromatic heterocycles. The van der Waals surface area contributed by atoms with E-state index in [4.69, 9.17) is 10.5 Å². The monoisotopic (exact) mass is 337 g/mol. The van der Waals surface area contributed by atoms with E-state index < -0.39 is 4.92 Å². The Labute approximate surface area is 123 Å². The van der Waals surface area contributed by atoms with Crippen LogP contribution in [0.4, 0.5) is 5.69 Å². The first-order chi connectivity index (χ1) is 9.47. The molecule has 0 saturated carbocycles. The van der Waals surface area contributed by atoms with Crippen LogP contribution in [-0.2, 0) is 0 Å². The number of hydrogen-bond acceptors (Lipinski definition) is 5. The number of benzene rings is 1. The Balaban J connectivity index is 2.35. The van der Waals surface area contributed by atoms with E-state index in [0.717, 1.165) is 5.56 Å². The van der Waals surface area contributed by atoms with E-state index in [-0.39, 0.29) is 23.4 Å². The summed E-state index contributed by atoms with van der Waals surface area (Å²) in [5.41, 5.74) is 6.49. The second kappa shape index (κ2) is 5.98. The lowest BCUT2D eigenvalue weighted by atomic mass is 10.1. The lowest BCUT2D eigenvalue weighted by Gasteiger charge is -2.09. The fourth-order valence-electron chi connectivity index (χ4n) is 1.60. The molecule has 1 atom stereocenters. The van der Waals surface area contributed by atoms with Crippen molar-refractivity contribution in [1.29, 1.82) is 0 Å². The van der Waals surface area contributed by atoms with Crippen LogP contribution in [0.1, 0.15) is 18.5 Å². The third-order valence-electron chi connectivity index (χ3n) is 2.62. The highest BCUT2D eigenvalue weighted by Gasteiger charge is 2.17. The van der Waals surface area contributed by atoms with Gasteiger partial charge in [-0.2, -0.15) is 0 Å². The molecular weight excluding hydrogens is 326 g/mol. The van der Waals surface area contributed by atoms with Crippen molar-refractivity contribution in [3.63, 3.8) is 0 Å². The molecule has 0 aliphatic heterocycles. The van der Waals surface area contributed by atoms with Crippen LogP contribution in [0.2, 0.25) is 0 Å². The van der Waals surface area contributed by atoms with E-state index in [0.29, 0.717) is 4.47 Å². The minimum atomic E-state index is -0.504. The number of hydrogen-bond donors (Lipinski definition) is 1. The van der Waals surface area contributed by atoms with Crippen LogP contribution < -0.4 is 10.5 Å². The number of pyridine rings is 1. The first-order valence-corrected chi connectivity index (χ1v) is 6.60. The van der Waals surface area contributed by atoms with Gasteiger partial charge in [-0.05, 0) is 30.7 Å². The quantitative estimate of drug-likeness (QED) is 0.680. The zero-order chi connectivity index (χ0) is 14.7. The zero-order valence-electron chi connectivity index (χ0n) is 10.6. The van der Waals surface area contributed by atoms with Gasteiger partial charge in [0.05, 0.1) is 4.92 Å². The minimum absolute atomic E-state index is 0.132. The van der Waals surface area contributed by atoms with Crippen LogP contribution in [0, 0.1) is 10.1 Å². The van der Waals surface area contributed by atoms with E-state index in [1.54, 1.807) is 24.4 Å². The molecule has 104 valence electrons. The van der Waals surface area contributed by atoms with Crippen molar-refractivity contribution in [3.05, 3.63) is 56.7 Å². The number of nitro groups is 1. The van der Waals surface area contributed by atoms with Crippen LogP contribution in [0.5, 0.6) is 11.6 Å². The Morgan fingerprint density at radius 3 is 2.80 bits per heavy atom. The summed E-state index contributed by atoms with van der Waals surface area (Å²) >= 11 is 3.19. The molecule has 6 nitrogen and oxygen atoms in total. The van der Waals surface area contributed by atoms with Gasteiger partial charge in [0, 0.05) is 28.8 Å². The molecule has 0 bridgehead atoms. The summed E-state index contributed by atoms with van der Waals surface area (Å²) in [6, 6.07) is 7.83. The molecule has 2 aromatic rings. The standard InChI is InChI=1S/C13H12BrN3O3/c1-8(15)9-4-5-16-13(6-9)20-12-3-2-10(14)7-11(12)17(18)19/h2-8H,15H2,1H3. The van der Waals surface area contributed by atoms with Crippen molar-refractivity contribution in [3.8, 4) is 11.6 Å². The summed E-state index contributed by atoms with van der Waals surface area (Å²) < 4.78 is 6.09. The Morgan fingerprint density at radius 1 is 1.40 bits per heavy atom. The summed E-state index contributed by atoms with van der Waals surface area (Å²) in [4.78, 5) is 14.5. The number of aromatic nitrogens is 1. The second-order valence-electron chi connectivity index (χ2n) is 4.19. The third kappa shape index (κ3) is 3.31. The molecule has 7 heteroatoms. The maximum absolute atomic E-state index is 11.0. The maximum atomic E-state index is 11.0. The van der Waals surface area contributed by atoms with Gasteiger partial charge in [-0.25, -0.2) is 4.98 Å². The molecule has 2 N–H and O–H groups in total. The highest BCUT2D eigenvalue weighted by molar-refractivity contribution is 9.10. The lowest BCUT2D eigenvalue weighted by molar-refractivity contribution is -0.385. The van der Waals surface area contributed by atoms with Gasteiger partial charge in [0.15, 0.2) is 0 Å². The highest BCUT2D eigenvalue weighted by Crippen LogP contribution is 2.33. The largest absolute Gasteiger partial charge is 0.432 e. The average molecular weight is 338 g/mol. The predicted molar refractivity (Wildman–Crippen MR) is 77.7 cm³/mol. The zero-order valence-corrected chi connectivity index (χ0v) is 12.2. The molecule has 0 aliphatic carbocycles. The predicted octanol–water partition coefficient (Wildman–Crippen LogP) is 3.56. The van der Waals surface area contributed by atoms with Crippen molar-refractivity contribution in [2.75, 3.05) is 0 Å². The number of halogens is 1. The molecule has 1 aromatic carbocycles. The van der Waals surface area contributed by atoms with Gasteiger partial charge < -0.3 is 10.5 Å². The SMILES string of the molecule is CC(N)c1ccnc(Oc2ccc(Br)cc2[N+](=O)[O-])c1. The summed E-state index contributed by atoms with van der Waals surface area (Å²) in [5, 5.41) is 11.0. The molecular formula is C13H12BrN3O3. The second-order valence-corrected chi connectivity index (χ2v) is 5.10. The van der Waals surface area contributed by atoms with E-state index in [2.05, 4.69) is 20.9 Å². The van der Waals surface area contributed by atoms with Crippen molar-refractivity contribution in [2.24, 2.45) is 5.73 Å². The van der Waals surface area contributed by atoms with Crippen molar-refractivity contribution >= 4 is 21.6 Å². The Morgan fingerprint density at radius 2 is 2.15 bits per heavy atom. The molecule has 0 radical (unpaired) electrons. The number of nitro benzene ring substituents is 1. The van der Waals surface area contributed by atoms with Crippen LogP contribution in [-0.4, -0.2) is 9.91 Å². The van der Waals surface area contributed by atoms with E-state index in [9.17, 15) is 10.1 Å².